The largest absolute Gasteiger partial charge is 0.303 e. The lowest BCUT2D eigenvalue weighted by Gasteiger charge is -2.38. The summed E-state index contributed by atoms with van der Waals surface area (Å²) in [6.07, 6.45) is 8.92. The second-order valence-electron chi connectivity index (χ2n) is 8.31. The summed E-state index contributed by atoms with van der Waals surface area (Å²) in [5.41, 5.74) is 2.68. The third-order valence-electron chi connectivity index (χ3n) is 6.30. The van der Waals surface area contributed by atoms with Crippen LogP contribution < -0.4 is 0 Å². The first kappa shape index (κ1) is 17.9. The van der Waals surface area contributed by atoms with Gasteiger partial charge >= 0.3 is 0 Å². The normalized spacial score (nSPS) is 33.1. The number of rotatable bonds is 0. The van der Waals surface area contributed by atoms with Crippen LogP contribution in [0.3, 0.4) is 0 Å². The van der Waals surface area contributed by atoms with Gasteiger partial charge in [0, 0.05) is 0 Å². The lowest BCUT2D eigenvalue weighted by Crippen LogP contribution is -2.41. The first-order valence-electron chi connectivity index (χ1n) is 10.2. The van der Waals surface area contributed by atoms with E-state index < -0.39 is 0 Å². The van der Waals surface area contributed by atoms with E-state index in [9.17, 15) is 0 Å². The number of benzene rings is 1. The molecule has 6 aliphatic rings. The van der Waals surface area contributed by atoms with Crippen LogP contribution in [0.2, 0.25) is 0 Å². The summed E-state index contributed by atoms with van der Waals surface area (Å²) < 4.78 is 0. The number of aryl methyl sites for hydroxylation is 2. The molecule has 0 atom stereocenters. The van der Waals surface area contributed by atoms with Crippen molar-refractivity contribution in [1.29, 1.82) is 0 Å². The van der Waals surface area contributed by atoms with Crippen molar-refractivity contribution in [3.63, 3.8) is 0 Å². The van der Waals surface area contributed by atoms with Gasteiger partial charge in [0.1, 0.15) is 0 Å². The molecule has 6 fully saturated rings. The Morgan fingerprint density at radius 3 is 1.08 bits per heavy atom. The molecule has 4 bridgehead atoms. The van der Waals surface area contributed by atoms with Crippen LogP contribution in [0, 0.1) is 25.7 Å². The molecule has 2 nitrogen and oxygen atoms in total. The number of nitrogens with zero attached hydrogens (tertiary/aromatic N) is 2. The highest BCUT2D eigenvalue weighted by Crippen LogP contribution is 2.26. The van der Waals surface area contributed by atoms with Crippen molar-refractivity contribution in [2.24, 2.45) is 11.8 Å². The maximum absolute atomic E-state index is 2.58. The Labute approximate surface area is 149 Å². The van der Waals surface area contributed by atoms with E-state index in [4.69, 9.17) is 0 Å². The molecule has 0 N–H and O–H groups in total. The van der Waals surface area contributed by atoms with E-state index in [-0.39, 0.29) is 0 Å². The van der Waals surface area contributed by atoms with Crippen LogP contribution in [-0.4, -0.2) is 49.1 Å². The van der Waals surface area contributed by atoms with Crippen LogP contribution in [0.25, 0.3) is 0 Å². The highest BCUT2D eigenvalue weighted by Gasteiger charge is 2.25. The third kappa shape index (κ3) is 5.60. The fourth-order valence-corrected chi connectivity index (χ4v) is 4.53. The van der Waals surface area contributed by atoms with Gasteiger partial charge in [-0.1, -0.05) is 35.4 Å². The molecule has 1 aromatic rings. The lowest BCUT2D eigenvalue weighted by atomic mass is 9.89. The van der Waals surface area contributed by atoms with Crippen LogP contribution >= 0.6 is 0 Å². The summed E-state index contributed by atoms with van der Waals surface area (Å²) in [4.78, 5) is 5.17. The van der Waals surface area contributed by atoms with Crippen molar-refractivity contribution in [2.45, 2.75) is 52.4 Å². The maximum Gasteiger partial charge on any atom is -0.00161 e. The molecule has 0 saturated carbocycles. The first-order valence-corrected chi connectivity index (χ1v) is 10.2. The zero-order valence-electron chi connectivity index (χ0n) is 15.8. The van der Waals surface area contributed by atoms with Gasteiger partial charge in [0.15, 0.2) is 0 Å². The molecule has 0 radical (unpaired) electrons. The molecule has 24 heavy (non-hydrogen) atoms. The molecule has 0 aliphatic carbocycles. The fourth-order valence-electron chi connectivity index (χ4n) is 4.53. The SMILES string of the molecule is C1CN2CCC1CC2.C1CN2CCC1CC2.Cc1cccc(C)c1. The molecule has 7 rings (SSSR count). The van der Waals surface area contributed by atoms with Gasteiger partial charge in [0.25, 0.3) is 0 Å². The van der Waals surface area contributed by atoms with E-state index in [2.05, 4.69) is 47.9 Å². The van der Waals surface area contributed by atoms with Gasteiger partial charge in [-0.3, -0.25) is 0 Å². The third-order valence-corrected chi connectivity index (χ3v) is 6.30. The second kappa shape index (κ2) is 9.01. The van der Waals surface area contributed by atoms with Crippen molar-refractivity contribution < 1.29 is 0 Å². The average Bonchev–Trinajstić information content (AvgIpc) is 2.66. The Balaban J connectivity index is 0.000000106. The summed E-state index contributed by atoms with van der Waals surface area (Å²) >= 11 is 0. The molecule has 1 aromatic carbocycles. The molecular formula is C22H36N2. The number of hydrogen-bond acceptors (Lipinski definition) is 2. The smallest absolute Gasteiger partial charge is 0.00161 e. The van der Waals surface area contributed by atoms with E-state index in [0.717, 1.165) is 11.8 Å². The minimum Gasteiger partial charge on any atom is -0.303 e. The van der Waals surface area contributed by atoms with Gasteiger partial charge < -0.3 is 9.80 Å². The fraction of sp³-hybridized carbons (Fsp3) is 0.727. The predicted octanol–water partition coefficient (Wildman–Crippen LogP) is 4.51. The standard InChI is InChI=1S/C8H10.2C7H13N/c1-7-4-3-5-8(2)6-7;2*1-4-8-5-2-7(1)3-6-8/h3-6H,1-2H3;2*7H,1-6H2. The highest BCUT2D eigenvalue weighted by molar-refractivity contribution is 5.20. The van der Waals surface area contributed by atoms with Crippen LogP contribution in [0.5, 0.6) is 0 Å². The minimum absolute atomic E-state index is 1.11. The molecule has 0 amide bonds. The van der Waals surface area contributed by atoms with Gasteiger partial charge in [-0.25, -0.2) is 0 Å². The van der Waals surface area contributed by atoms with Crippen molar-refractivity contribution in [2.75, 3.05) is 39.3 Å². The van der Waals surface area contributed by atoms with E-state index in [0.29, 0.717) is 0 Å². The van der Waals surface area contributed by atoms with Gasteiger partial charge in [0.05, 0.1) is 0 Å². The molecular weight excluding hydrogens is 292 g/mol. The molecule has 134 valence electrons. The quantitative estimate of drug-likeness (QED) is 0.691. The van der Waals surface area contributed by atoms with Gasteiger partial charge in [-0.2, -0.15) is 0 Å². The zero-order valence-corrected chi connectivity index (χ0v) is 15.8. The van der Waals surface area contributed by atoms with E-state index >= 15 is 0 Å². The summed E-state index contributed by atoms with van der Waals surface area (Å²) in [6.45, 7) is 12.6. The topological polar surface area (TPSA) is 6.48 Å². The van der Waals surface area contributed by atoms with Gasteiger partial charge in [-0.05, 0) is 103 Å². The Bertz CT molecular complexity index is 395. The summed E-state index contributed by atoms with van der Waals surface area (Å²) in [5, 5.41) is 0. The Morgan fingerprint density at radius 2 is 0.958 bits per heavy atom. The van der Waals surface area contributed by atoms with Crippen molar-refractivity contribution >= 4 is 0 Å². The lowest BCUT2D eigenvalue weighted by molar-refractivity contribution is 0.111. The second-order valence-corrected chi connectivity index (χ2v) is 8.31. The Morgan fingerprint density at radius 1 is 0.625 bits per heavy atom. The number of hydrogen-bond donors (Lipinski definition) is 0. The molecule has 0 unspecified atom stereocenters. The van der Waals surface area contributed by atoms with Crippen LogP contribution in [0.15, 0.2) is 24.3 Å². The summed E-state index contributed by atoms with van der Waals surface area (Å²) in [5.74, 6) is 2.22. The summed E-state index contributed by atoms with van der Waals surface area (Å²) in [6, 6.07) is 8.45. The average molecular weight is 329 g/mol. The molecule has 0 spiro atoms. The van der Waals surface area contributed by atoms with Crippen molar-refractivity contribution in [3.05, 3.63) is 35.4 Å². The van der Waals surface area contributed by atoms with E-state index in [1.54, 1.807) is 0 Å². The first-order chi connectivity index (χ1) is 11.7. The minimum atomic E-state index is 1.11. The Hall–Kier alpha value is -0.860. The monoisotopic (exact) mass is 328 g/mol. The predicted molar refractivity (Wildman–Crippen MR) is 103 cm³/mol. The van der Waals surface area contributed by atoms with Gasteiger partial charge in [-0.15, -0.1) is 0 Å². The number of fused-ring (bicyclic) bond motifs is 6. The molecule has 0 aromatic heterocycles. The van der Waals surface area contributed by atoms with Crippen LogP contribution in [0.1, 0.15) is 49.7 Å². The van der Waals surface area contributed by atoms with Gasteiger partial charge in [0.2, 0.25) is 0 Å². The molecule has 6 heterocycles. The molecule has 6 saturated heterocycles. The maximum atomic E-state index is 2.58. The van der Waals surface area contributed by atoms with Crippen molar-refractivity contribution in [3.8, 4) is 0 Å². The van der Waals surface area contributed by atoms with Crippen LogP contribution in [-0.2, 0) is 0 Å². The van der Waals surface area contributed by atoms with Crippen molar-refractivity contribution in [1.82, 2.24) is 9.80 Å². The molecule has 6 aliphatic heterocycles. The number of piperidine rings is 6. The van der Waals surface area contributed by atoms with Crippen LogP contribution in [0.4, 0.5) is 0 Å². The molecule has 2 heteroatoms. The Kier molecular flexibility index (Phi) is 6.74. The zero-order chi connectivity index (χ0) is 16.8. The highest BCUT2D eigenvalue weighted by atomic mass is 15.1. The summed E-state index contributed by atoms with van der Waals surface area (Å²) in [7, 11) is 0. The van der Waals surface area contributed by atoms with E-state index in [1.165, 1.54) is 88.9 Å². The van der Waals surface area contributed by atoms with E-state index in [1.807, 2.05) is 0 Å².